The van der Waals surface area contributed by atoms with Gasteiger partial charge in [0.1, 0.15) is 5.82 Å². The van der Waals surface area contributed by atoms with Crippen LogP contribution in [0.1, 0.15) is 24.2 Å². The average Bonchev–Trinajstić information content (AvgIpc) is 2.50. The molecule has 1 aromatic rings. The van der Waals surface area contributed by atoms with Crippen LogP contribution >= 0.6 is 0 Å². The minimum absolute atomic E-state index is 0.232. The highest BCUT2D eigenvalue weighted by Gasteiger charge is 2.20. The van der Waals surface area contributed by atoms with Gasteiger partial charge in [-0.25, -0.2) is 22.3 Å². The van der Waals surface area contributed by atoms with Gasteiger partial charge in [0.25, 0.3) is 5.91 Å². The van der Waals surface area contributed by atoms with Crippen molar-refractivity contribution < 1.29 is 27.1 Å². The van der Waals surface area contributed by atoms with E-state index in [-0.39, 0.29) is 10.8 Å². The highest BCUT2D eigenvalue weighted by molar-refractivity contribution is 7.89. The second-order valence-corrected chi connectivity index (χ2v) is 7.01. The van der Waals surface area contributed by atoms with Crippen LogP contribution < -0.4 is 10.0 Å². The fourth-order valence-electron chi connectivity index (χ4n) is 1.52. The van der Waals surface area contributed by atoms with Crippen molar-refractivity contribution in [1.82, 2.24) is 10.0 Å². The Bertz CT molecular complexity index is 688. The molecular weight excluding hydrogens is 327 g/mol. The molecule has 0 saturated carbocycles. The van der Waals surface area contributed by atoms with Crippen molar-refractivity contribution in [1.29, 1.82) is 0 Å². The van der Waals surface area contributed by atoms with Crippen molar-refractivity contribution in [2.45, 2.75) is 18.7 Å². The first-order valence-electron chi connectivity index (χ1n) is 6.84. The molecule has 0 bridgehead atoms. The molecule has 0 aliphatic heterocycles. The van der Waals surface area contributed by atoms with Crippen LogP contribution in [0.2, 0.25) is 0 Å². The predicted molar refractivity (Wildman–Crippen MR) is 80.8 cm³/mol. The van der Waals surface area contributed by atoms with Crippen LogP contribution in [-0.2, 0) is 19.6 Å². The maximum absolute atomic E-state index is 13.7. The van der Waals surface area contributed by atoms with Crippen LogP contribution in [0.15, 0.2) is 23.1 Å². The third-order valence-corrected chi connectivity index (χ3v) is 4.19. The van der Waals surface area contributed by atoms with E-state index in [1.165, 1.54) is 7.05 Å². The molecule has 128 valence electrons. The van der Waals surface area contributed by atoms with Gasteiger partial charge >= 0.3 is 5.97 Å². The van der Waals surface area contributed by atoms with E-state index in [0.717, 1.165) is 18.2 Å². The molecule has 1 rings (SSSR count). The lowest BCUT2D eigenvalue weighted by atomic mass is 10.2. The number of hydrogen-bond donors (Lipinski definition) is 2. The third kappa shape index (κ3) is 5.61. The number of rotatable bonds is 7. The summed E-state index contributed by atoms with van der Waals surface area (Å²) < 4.78 is 43.7. The van der Waals surface area contributed by atoms with Crippen molar-refractivity contribution in [3.63, 3.8) is 0 Å². The monoisotopic (exact) mass is 346 g/mol. The Morgan fingerprint density at radius 3 is 2.52 bits per heavy atom. The molecule has 0 aromatic heterocycles. The summed E-state index contributed by atoms with van der Waals surface area (Å²) in [4.78, 5) is 23.0. The molecule has 0 heterocycles. The van der Waals surface area contributed by atoms with Crippen molar-refractivity contribution in [3.05, 3.63) is 29.6 Å². The van der Waals surface area contributed by atoms with Gasteiger partial charge in [-0.3, -0.25) is 4.79 Å². The number of amides is 1. The van der Waals surface area contributed by atoms with Crippen LogP contribution in [0.3, 0.4) is 0 Å². The van der Waals surface area contributed by atoms with Gasteiger partial charge in [0.15, 0.2) is 6.61 Å². The topological polar surface area (TPSA) is 102 Å². The van der Waals surface area contributed by atoms with Crippen molar-refractivity contribution in [2.75, 3.05) is 20.2 Å². The zero-order chi connectivity index (χ0) is 17.6. The zero-order valence-corrected chi connectivity index (χ0v) is 13.9. The summed E-state index contributed by atoms with van der Waals surface area (Å²) in [6.07, 6.45) is 0. The standard InChI is InChI=1S/C14H19FN2O5S/c1-9(2)7-17-13(18)8-22-14(19)11-6-10(4-5-12(11)15)23(20,21)16-3/h4-6,9,16H,7-8H2,1-3H3,(H,17,18). The van der Waals surface area contributed by atoms with Crippen LogP contribution in [-0.4, -0.2) is 40.5 Å². The molecular formula is C14H19FN2O5S. The van der Waals surface area contributed by atoms with E-state index < -0.39 is 39.9 Å². The summed E-state index contributed by atoms with van der Waals surface area (Å²) in [5.74, 6) is -2.34. The fraction of sp³-hybridized carbons (Fsp3) is 0.429. The molecule has 0 radical (unpaired) electrons. The van der Waals surface area contributed by atoms with Crippen molar-refractivity contribution in [2.24, 2.45) is 5.92 Å². The first-order valence-corrected chi connectivity index (χ1v) is 8.32. The third-order valence-electron chi connectivity index (χ3n) is 2.78. The average molecular weight is 346 g/mol. The normalized spacial score (nSPS) is 11.3. The van der Waals surface area contributed by atoms with Gasteiger partial charge in [-0.15, -0.1) is 0 Å². The number of esters is 1. The molecule has 0 unspecified atom stereocenters. The first-order chi connectivity index (χ1) is 10.7. The van der Waals surface area contributed by atoms with Gasteiger partial charge in [0, 0.05) is 6.54 Å². The SMILES string of the molecule is CNS(=O)(=O)c1ccc(F)c(C(=O)OCC(=O)NCC(C)C)c1. The molecule has 0 atom stereocenters. The number of hydrogen-bond acceptors (Lipinski definition) is 5. The van der Waals surface area contributed by atoms with Gasteiger partial charge in [-0.1, -0.05) is 13.8 Å². The Morgan fingerprint density at radius 2 is 1.96 bits per heavy atom. The van der Waals surface area contributed by atoms with E-state index in [2.05, 4.69) is 10.0 Å². The fourth-order valence-corrected chi connectivity index (χ4v) is 2.28. The first kappa shape index (κ1) is 19.0. The lowest BCUT2D eigenvalue weighted by molar-refractivity contribution is -0.124. The number of carbonyl (C=O) groups is 2. The van der Waals surface area contributed by atoms with Gasteiger partial charge in [-0.05, 0) is 31.2 Å². The molecule has 1 aromatic carbocycles. The Balaban J connectivity index is 2.80. The van der Waals surface area contributed by atoms with Crippen LogP contribution in [0, 0.1) is 11.7 Å². The Kier molecular flexibility index (Phi) is 6.64. The second kappa shape index (κ2) is 8.02. The molecule has 1 amide bonds. The van der Waals surface area contributed by atoms with Gasteiger partial charge in [0.05, 0.1) is 10.5 Å². The number of sulfonamides is 1. The maximum atomic E-state index is 13.7. The van der Waals surface area contributed by atoms with Crippen LogP contribution in [0.25, 0.3) is 0 Å². The molecule has 0 saturated heterocycles. The smallest absolute Gasteiger partial charge is 0.341 e. The quantitative estimate of drug-likeness (QED) is 0.707. The number of benzene rings is 1. The van der Waals surface area contributed by atoms with Crippen LogP contribution in [0.4, 0.5) is 4.39 Å². The molecule has 9 heteroatoms. The number of halogens is 1. The zero-order valence-electron chi connectivity index (χ0n) is 13.1. The summed E-state index contributed by atoms with van der Waals surface area (Å²) in [6.45, 7) is 3.64. The highest BCUT2D eigenvalue weighted by atomic mass is 32.2. The Hall–Kier alpha value is -2.00. The van der Waals surface area contributed by atoms with E-state index in [1.54, 1.807) is 0 Å². The molecule has 23 heavy (non-hydrogen) atoms. The number of nitrogens with one attached hydrogen (secondary N) is 2. The minimum atomic E-state index is -3.82. The summed E-state index contributed by atoms with van der Waals surface area (Å²) in [5.41, 5.74) is -0.557. The largest absolute Gasteiger partial charge is 0.452 e. The van der Waals surface area contributed by atoms with E-state index in [4.69, 9.17) is 4.74 Å². The second-order valence-electron chi connectivity index (χ2n) is 5.12. The van der Waals surface area contributed by atoms with E-state index in [0.29, 0.717) is 6.54 Å². The molecule has 7 nitrogen and oxygen atoms in total. The molecule has 0 aliphatic rings. The summed E-state index contributed by atoms with van der Waals surface area (Å²) in [7, 11) is -2.63. The summed E-state index contributed by atoms with van der Waals surface area (Å²) >= 11 is 0. The van der Waals surface area contributed by atoms with Gasteiger partial charge in [-0.2, -0.15) is 0 Å². The molecule has 2 N–H and O–H groups in total. The van der Waals surface area contributed by atoms with Crippen molar-refractivity contribution >= 4 is 21.9 Å². The maximum Gasteiger partial charge on any atom is 0.341 e. The number of carbonyl (C=O) groups excluding carboxylic acids is 2. The van der Waals surface area contributed by atoms with Gasteiger partial charge < -0.3 is 10.1 Å². The number of ether oxygens (including phenoxy) is 1. The van der Waals surface area contributed by atoms with Crippen molar-refractivity contribution in [3.8, 4) is 0 Å². The minimum Gasteiger partial charge on any atom is -0.452 e. The molecule has 0 aliphatic carbocycles. The van der Waals surface area contributed by atoms with Gasteiger partial charge in [0.2, 0.25) is 10.0 Å². The van der Waals surface area contributed by atoms with E-state index in [1.807, 2.05) is 13.8 Å². The summed E-state index contributed by atoms with van der Waals surface area (Å²) in [6, 6.07) is 2.72. The molecule has 0 fully saturated rings. The Morgan fingerprint density at radius 1 is 1.30 bits per heavy atom. The van der Waals surface area contributed by atoms with E-state index >= 15 is 0 Å². The summed E-state index contributed by atoms with van der Waals surface area (Å²) in [5, 5.41) is 2.53. The van der Waals surface area contributed by atoms with E-state index in [9.17, 15) is 22.4 Å². The highest BCUT2D eigenvalue weighted by Crippen LogP contribution is 2.16. The lowest BCUT2D eigenvalue weighted by Crippen LogP contribution is -2.31. The Labute approximate surface area is 134 Å². The van der Waals surface area contributed by atoms with Crippen LogP contribution in [0.5, 0.6) is 0 Å². The predicted octanol–water partition coefficient (Wildman–Crippen LogP) is 0.663. The molecule has 0 spiro atoms. The lowest BCUT2D eigenvalue weighted by Gasteiger charge is -2.09.